The molecule has 0 radical (unpaired) electrons. The molecule has 0 spiro atoms. The second-order valence-electron chi connectivity index (χ2n) is 4.30. The number of halogens is 1. The van der Waals surface area contributed by atoms with E-state index in [1.807, 2.05) is 0 Å². The van der Waals surface area contributed by atoms with Gasteiger partial charge in [0.25, 0.3) is 0 Å². The molecule has 0 atom stereocenters. The van der Waals surface area contributed by atoms with E-state index in [2.05, 4.69) is 15.6 Å². The van der Waals surface area contributed by atoms with Crippen LogP contribution in [0.1, 0.15) is 16.1 Å². The molecule has 1 heterocycles. The van der Waals surface area contributed by atoms with E-state index in [0.717, 1.165) is 5.56 Å². The summed E-state index contributed by atoms with van der Waals surface area (Å²) in [5.41, 5.74) is 1.03. The quantitative estimate of drug-likeness (QED) is 0.810. The number of carboxylic acid groups (broad SMARTS) is 1. The highest BCUT2D eigenvalue weighted by Crippen LogP contribution is 2.16. The van der Waals surface area contributed by atoms with Crippen LogP contribution < -0.4 is 10.6 Å². The van der Waals surface area contributed by atoms with Gasteiger partial charge < -0.3 is 15.7 Å². The maximum Gasteiger partial charge on any atom is 0.354 e. The number of urea groups is 1. The van der Waals surface area contributed by atoms with E-state index in [1.54, 1.807) is 13.0 Å². The Morgan fingerprint density at radius 3 is 2.57 bits per heavy atom. The Morgan fingerprint density at radius 2 is 1.95 bits per heavy atom. The van der Waals surface area contributed by atoms with Crippen LogP contribution in [0, 0.1) is 12.7 Å². The predicted molar refractivity (Wildman–Crippen MR) is 75.0 cm³/mol. The molecule has 1 aromatic heterocycles. The highest BCUT2D eigenvalue weighted by Gasteiger charge is 2.08. The van der Waals surface area contributed by atoms with Crippen LogP contribution in [0.4, 0.5) is 20.6 Å². The minimum Gasteiger partial charge on any atom is -0.477 e. The zero-order valence-corrected chi connectivity index (χ0v) is 11.1. The van der Waals surface area contributed by atoms with Gasteiger partial charge in [-0.05, 0) is 36.8 Å². The van der Waals surface area contributed by atoms with E-state index in [-0.39, 0.29) is 11.4 Å². The van der Waals surface area contributed by atoms with Crippen molar-refractivity contribution in [1.82, 2.24) is 4.98 Å². The lowest BCUT2D eigenvalue weighted by atomic mass is 10.2. The molecule has 2 aromatic rings. The van der Waals surface area contributed by atoms with Crippen LogP contribution in [0.15, 0.2) is 36.5 Å². The van der Waals surface area contributed by atoms with E-state index in [0.29, 0.717) is 5.69 Å². The lowest BCUT2D eigenvalue weighted by Crippen LogP contribution is -2.20. The van der Waals surface area contributed by atoms with Gasteiger partial charge in [-0.3, -0.25) is 0 Å². The van der Waals surface area contributed by atoms with Crippen LogP contribution in [-0.4, -0.2) is 22.1 Å². The van der Waals surface area contributed by atoms with Gasteiger partial charge in [-0.1, -0.05) is 6.07 Å². The number of aryl methyl sites for hydroxylation is 1. The Hall–Kier alpha value is -2.96. The molecule has 2 amide bonds. The van der Waals surface area contributed by atoms with Gasteiger partial charge in [0.05, 0.1) is 17.6 Å². The Labute approximate surface area is 119 Å². The SMILES string of the molecule is Cc1ccc(F)c(NC(=O)Nc2ccc(C(=O)O)nc2)c1. The third-order valence-electron chi connectivity index (χ3n) is 2.61. The summed E-state index contributed by atoms with van der Waals surface area (Å²) >= 11 is 0. The number of hydrogen-bond donors (Lipinski definition) is 3. The number of carbonyl (C=O) groups excluding carboxylic acids is 1. The number of aromatic carboxylic acids is 1. The van der Waals surface area contributed by atoms with Gasteiger partial charge in [-0.2, -0.15) is 0 Å². The predicted octanol–water partition coefficient (Wildman–Crippen LogP) is 2.87. The lowest BCUT2D eigenvalue weighted by Gasteiger charge is -2.09. The average molecular weight is 289 g/mol. The number of nitrogens with zero attached hydrogens (tertiary/aromatic N) is 1. The summed E-state index contributed by atoms with van der Waals surface area (Å²) in [6.07, 6.45) is 1.20. The molecule has 0 fully saturated rings. The van der Waals surface area contributed by atoms with E-state index >= 15 is 0 Å². The van der Waals surface area contributed by atoms with Gasteiger partial charge in [-0.25, -0.2) is 19.0 Å². The van der Waals surface area contributed by atoms with Gasteiger partial charge in [-0.15, -0.1) is 0 Å². The molecule has 0 saturated heterocycles. The lowest BCUT2D eigenvalue weighted by molar-refractivity contribution is 0.0690. The Kier molecular flexibility index (Phi) is 4.13. The fourth-order valence-corrected chi connectivity index (χ4v) is 1.61. The number of benzene rings is 1. The first-order valence-electron chi connectivity index (χ1n) is 5.99. The molecule has 0 aliphatic carbocycles. The third kappa shape index (κ3) is 3.75. The number of amides is 2. The summed E-state index contributed by atoms with van der Waals surface area (Å²) in [6, 6.07) is 6.35. The molecule has 108 valence electrons. The number of aromatic nitrogens is 1. The van der Waals surface area contributed by atoms with Crippen molar-refractivity contribution in [1.29, 1.82) is 0 Å². The molecule has 0 unspecified atom stereocenters. The molecule has 1 aromatic carbocycles. The van der Waals surface area contributed by atoms with Crippen LogP contribution in [0.25, 0.3) is 0 Å². The average Bonchev–Trinajstić information content (AvgIpc) is 2.43. The number of hydrogen-bond acceptors (Lipinski definition) is 3. The van der Waals surface area contributed by atoms with Crippen molar-refractivity contribution < 1.29 is 19.1 Å². The maximum absolute atomic E-state index is 13.5. The van der Waals surface area contributed by atoms with Crippen molar-refractivity contribution in [3.63, 3.8) is 0 Å². The summed E-state index contributed by atoms with van der Waals surface area (Å²) in [6.45, 7) is 1.77. The number of nitrogens with one attached hydrogen (secondary N) is 2. The maximum atomic E-state index is 13.5. The largest absolute Gasteiger partial charge is 0.477 e. The summed E-state index contributed by atoms with van der Waals surface area (Å²) in [4.78, 5) is 26.0. The number of pyridine rings is 1. The van der Waals surface area contributed by atoms with Crippen molar-refractivity contribution in [2.24, 2.45) is 0 Å². The van der Waals surface area contributed by atoms with E-state index in [9.17, 15) is 14.0 Å². The first-order valence-corrected chi connectivity index (χ1v) is 5.99. The molecule has 7 heteroatoms. The van der Waals surface area contributed by atoms with Crippen LogP contribution in [0.5, 0.6) is 0 Å². The van der Waals surface area contributed by atoms with E-state index < -0.39 is 17.8 Å². The first-order chi connectivity index (χ1) is 9.95. The Balaban J connectivity index is 2.04. The summed E-state index contributed by atoms with van der Waals surface area (Å²) in [5, 5.41) is 13.5. The topological polar surface area (TPSA) is 91.3 Å². The molecular formula is C14H12FN3O3. The van der Waals surface area contributed by atoms with Crippen molar-refractivity contribution in [3.05, 3.63) is 53.6 Å². The number of carboxylic acids is 1. The number of anilines is 2. The Bertz CT molecular complexity index is 686. The Morgan fingerprint density at radius 1 is 1.19 bits per heavy atom. The van der Waals surface area contributed by atoms with Crippen molar-refractivity contribution in [2.45, 2.75) is 6.92 Å². The molecule has 0 aliphatic rings. The molecule has 0 bridgehead atoms. The standard InChI is InChI=1S/C14H12FN3O3/c1-8-2-4-10(15)12(6-8)18-14(21)17-9-3-5-11(13(19)20)16-7-9/h2-7H,1H3,(H,19,20)(H2,17,18,21). The number of rotatable bonds is 3. The molecule has 2 rings (SSSR count). The van der Waals surface area contributed by atoms with Crippen LogP contribution >= 0.6 is 0 Å². The van der Waals surface area contributed by atoms with Crippen LogP contribution in [0.2, 0.25) is 0 Å². The second-order valence-corrected chi connectivity index (χ2v) is 4.30. The molecule has 3 N–H and O–H groups in total. The van der Waals surface area contributed by atoms with Gasteiger partial charge in [0, 0.05) is 0 Å². The summed E-state index contributed by atoms with van der Waals surface area (Å²) < 4.78 is 13.5. The van der Waals surface area contributed by atoms with Crippen molar-refractivity contribution in [2.75, 3.05) is 10.6 Å². The summed E-state index contributed by atoms with van der Waals surface area (Å²) in [5.74, 6) is -1.71. The fourth-order valence-electron chi connectivity index (χ4n) is 1.61. The second kappa shape index (κ2) is 6.00. The minimum absolute atomic E-state index is 0.0580. The van der Waals surface area contributed by atoms with Crippen LogP contribution in [0.3, 0.4) is 0 Å². The van der Waals surface area contributed by atoms with Gasteiger partial charge in [0.2, 0.25) is 0 Å². The number of carbonyl (C=O) groups is 2. The minimum atomic E-state index is -1.16. The van der Waals surface area contributed by atoms with Crippen molar-refractivity contribution >= 4 is 23.4 Å². The zero-order valence-electron chi connectivity index (χ0n) is 11.1. The van der Waals surface area contributed by atoms with Gasteiger partial charge in [0.15, 0.2) is 0 Å². The first kappa shape index (κ1) is 14.4. The fraction of sp³-hybridized carbons (Fsp3) is 0.0714. The van der Waals surface area contributed by atoms with Crippen LogP contribution in [-0.2, 0) is 0 Å². The highest BCUT2D eigenvalue weighted by molar-refractivity contribution is 6.00. The molecule has 21 heavy (non-hydrogen) atoms. The molecular weight excluding hydrogens is 277 g/mol. The van der Waals surface area contributed by atoms with Gasteiger partial charge in [0.1, 0.15) is 11.5 Å². The van der Waals surface area contributed by atoms with E-state index in [1.165, 1.54) is 30.5 Å². The smallest absolute Gasteiger partial charge is 0.354 e. The highest BCUT2D eigenvalue weighted by atomic mass is 19.1. The third-order valence-corrected chi connectivity index (χ3v) is 2.61. The molecule has 0 aliphatic heterocycles. The molecule has 0 saturated carbocycles. The van der Waals surface area contributed by atoms with Crippen molar-refractivity contribution in [3.8, 4) is 0 Å². The zero-order chi connectivity index (χ0) is 15.4. The molecule has 6 nitrogen and oxygen atoms in total. The monoisotopic (exact) mass is 289 g/mol. The van der Waals surface area contributed by atoms with Gasteiger partial charge >= 0.3 is 12.0 Å². The normalized spacial score (nSPS) is 10.0. The summed E-state index contributed by atoms with van der Waals surface area (Å²) in [7, 11) is 0. The van der Waals surface area contributed by atoms with E-state index in [4.69, 9.17) is 5.11 Å².